The average molecular weight is 282 g/mol. The quantitative estimate of drug-likeness (QED) is 0.831. The van der Waals surface area contributed by atoms with Crippen LogP contribution in [-0.2, 0) is 0 Å². The van der Waals surface area contributed by atoms with Gasteiger partial charge in [-0.1, -0.05) is 13.8 Å². The van der Waals surface area contributed by atoms with Crippen molar-refractivity contribution in [2.24, 2.45) is 0 Å². The molecule has 0 radical (unpaired) electrons. The summed E-state index contributed by atoms with van der Waals surface area (Å²) in [6.07, 6.45) is 3.79. The lowest BCUT2D eigenvalue weighted by Crippen LogP contribution is -2.33. The highest BCUT2D eigenvalue weighted by molar-refractivity contribution is 7.98. The van der Waals surface area contributed by atoms with Crippen molar-refractivity contribution in [2.75, 3.05) is 35.8 Å². The van der Waals surface area contributed by atoms with Crippen LogP contribution >= 0.6 is 11.8 Å². The number of rotatable bonds is 7. The molecule has 0 amide bonds. The summed E-state index contributed by atoms with van der Waals surface area (Å²) in [4.78, 5) is 11.2. The highest BCUT2D eigenvalue weighted by Gasteiger charge is 2.20. The van der Waals surface area contributed by atoms with Gasteiger partial charge in [-0.15, -0.1) is 0 Å². The number of nitrogens with zero attached hydrogens (tertiary/aromatic N) is 3. The lowest BCUT2D eigenvalue weighted by atomic mass is 10.0. The minimum atomic E-state index is 0.397. The van der Waals surface area contributed by atoms with Gasteiger partial charge in [-0.3, -0.25) is 0 Å². The summed E-state index contributed by atoms with van der Waals surface area (Å²) in [5.41, 5.74) is 1.21. The van der Waals surface area contributed by atoms with Gasteiger partial charge >= 0.3 is 0 Å². The standard InChI is InChI=1S/C14H26N4S/c1-7-15-13-12(10(2)3)14(17-9-16-13)18(5)11(4)8-19-6/h9-11H,7-8H2,1-6H3,(H,15,16,17). The Morgan fingerprint density at radius 1 is 1.32 bits per heavy atom. The molecule has 1 aromatic rings. The minimum Gasteiger partial charge on any atom is -0.370 e. The molecule has 1 atom stereocenters. The topological polar surface area (TPSA) is 41.1 Å². The summed E-state index contributed by atoms with van der Waals surface area (Å²) >= 11 is 1.86. The van der Waals surface area contributed by atoms with E-state index in [2.05, 4.69) is 61.2 Å². The van der Waals surface area contributed by atoms with E-state index in [1.807, 2.05) is 11.8 Å². The first kappa shape index (κ1) is 16.1. The summed E-state index contributed by atoms with van der Waals surface area (Å²) in [6, 6.07) is 0.455. The molecule has 0 fully saturated rings. The summed E-state index contributed by atoms with van der Waals surface area (Å²) in [5.74, 6) is 3.50. The second-order valence-electron chi connectivity index (χ2n) is 5.06. The Balaban J connectivity index is 3.15. The maximum atomic E-state index is 4.51. The largest absolute Gasteiger partial charge is 0.370 e. The SMILES string of the molecule is CCNc1ncnc(N(C)C(C)CSC)c1C(C)C. The third-order valence-corrected chi connectivity index (χ3v) is 4.00. The van der Waals surface area contributed by atoms with Crippen molar-refractivity contribution < 1.29 is 0 Å². The first-order valence-electron chi connectivity index (χ1n) is 6.83. The zero-order valence-corrected chi connectivity index (χ0v) is 13.7. The Kier molecular flexibility index (Phi) is 6.42. The van der Waals surface area contributed by atoms with Crippen molar-refractivity contribution in [3.63, 3.8) is 0 Å². The Labute approximate surface area is 121 Å². The van der Waals surface area contributed by atoms with Crippen LogP contribution in [0, 0.1) is 0 Å². The van der Waals surface area contributed by atoms with Gasteiger partial charge in [0.05, 0.1) is 0 Å². The van der Waals surface area contributed by atoms with Crippen molar-refractivity contribution in [3.05, 3.63) is 11.9 Å². The lowest BCUT2D eigenvalue weighted by Gasteiger charge is -2.29. The number of anilines is 2. The Morgan fingerprint density at radius 2 is 2.00 bits per heavy atom. The van der Waals surface area contributed by atoms with Crippen LogP contribution in [0.2, 0.25) is 0 Å². The normalized spacial score (nSPS) is 12.6. The van der Waals surface area contributed by atoms with Crippen molar-refractivity contribution in [1.82, 2.24) is 9.97 Å². The zero-order valence-electron chi connectivity index (χ0n) is 12.9. The molecule has 0 aliphatic rings. The van der Waals surface area contributed by atoms with E-state index in [9.17, 15) is 0 Å². The van der Waals surface area contributed by atoms with E-state index in [1.54, 1.807) is 6.33 Å². The maximum Gasteiger partial charge on any atom is 0.137 e. The maximum absolute atomic E-state index is 4.51. The summed E-state index contributed by atoms with van der Waals surface area (Å²) < 4.78 is 0. The summed E-state index contributed by atoms with van der Waals surface area (Å²) in [7, 11) is 2.12. The van der Waals surface area contributed by atoms with Gasteiger partial charge in [0.25, 0.3) is 0 Å². The molecular weight excluding hydrogens is 256 g/mol. The van der Waals surface area contributed by atoms with Crippen LogP contribution in [0.25, 0.3) is 0 Å². The van der Waals surface area contributed by atoms with Crippen molar-refractivity contribution >= 4 is 23.4 Å². The predicted molar refractivity (Wildman–Crippen MR) is 86.5 cm³/mol. The Hall–Kier alpha value is -0.970. The Bertz CT molecular complexity index is 395. The summed E-state index contributed by atoms with van der Waals surface area (Å²) in [5, 5.41) is 3.34. The molecule has 0 saturated heterocycles. The van der Waals surface area contributed by atoms with Crippen molar-refractivity contribution in [3.8, 4) is 0 Å². The molecule has 0 bridgehead atoms. The van der Waals surface area contributed by atoms with Crippen LogP contribution in [0.5, 0.6) is 0 Å². The molecule has 108 valence electrons. The first-order chi connectivity index (χ1) is 9.02. The molecule has 4 nitrogen and oxygen atoms in total. The molecule has 0 aromatic carbocycles. The lowest BCUT2D eigenvalue weighted by molar-refractivity contribution is 0.732. The average Bonchev–Trinajstić information content (AvgIpc) is 2.38. The molecule has 1 unspecified atom stereocenters. The molecule has 0 spiro atoms. The van der Waals surface area contributed by atoms with Gasteiger partial charge in [0.2, 0.25) is 0 Å². The van der Waals surface area contributed by atoms with Crippen LogP contribution in [0.4, 0.5) is 11.6 Å². The van der Waals surface area contributed by atoms with E-state index < -0.39 is 0 Å². The number of hydrogen-bond acceptors (Lipinski definition) is 5. The monoisotopic (exact) mass is 282 g/mol. The summed E-state index contributed by atoms with van der Waals surface area (Å²) in [6.45, 7) is 9.58. The molecule has 1 rings (SSSR count). The predicted octanol–water partition coefficient (Wildman–Crippen LogP) is 3.22. The van der Waals surface area contributed by atoms with Crippen molar-refractivity contribution in [2.45, 2.75) is 39.7 Å². The van der Waals surface area contributed by atoms with Gasteiger partial charge < -0.3 is 10.2 Å². The van der Waals surface area contributed by atoms with Crippen molar-refractivity contribution in [1.29, 1.82) is 0 Å². The van der Waals surface area contributed by atoms with Gasteiger partial charge in [-0.25, -0.2) is 9.97 Å². The third-order valence-electron chi connectivity index (χ3n) is 3.19. The van der Waals surface area contributed by atoms with Gasteiger partial charge in [-0.2, -0.15) is 11.8 Å². The minimum absolute atomic E-state index is 0.397. The fraction of sp³-hybridized carbons (Fsp3) is 0.714. The molecule has 0 aliphatic heterocycles. The fourth-order valence-electron chi connectivity index (χ4n) is 2.07. The van der Waals surface area contributed by atoms with E-state index in [0.29, 0.717) is 12.0 Å². The molecule has 5 heteroatoms. The van der Waals surface area contributed by atoms with Crippen LogP contribution < -0.4 is 10.2 Å². The van der Waals surface area contributed by atoms with E-state index >= 15 is 0 Å². The number of aromatic nitrogens is 2. The highest BCUT2D eigenvalue weighted by atomic mass is 32.2. The zero-order chi connectivity index (χ0) is 14.4. The highest BCUT2D eigenvalue weighted by Crippen LogP contribution is 2.31. The molecule has 0 saturated carbocycles. The van der Waals surface area contributed by atoms with E-state index in [4.69, 9.17) is 0 Å². The van der Waals surface area contributed by atoms with Crippen LogP contribution in [0.1, 0.15) is 39.2 Å². The molecular formula is C14H26N4S. The van der Waals surface area contributed by atoms with E-state index in [1.165, 1.54) is 5.56 Å². The van der Waals surface area contributed by atoms with Crippen LogP contribution in [-0.4, -0.2) is 41.6 Å². The second-order valence-corrected chi connectivity index (χ2v) is 5.97. The van der Waals surface area contributed by atoms with Crippen LogP contribution in [0.15, 0.2) is 6.33 Å². The number of nitrogens with one attached hydrogen (secondary N) is 1. The second kappa shape index (κ2) is 7.58. The van der Waals surface area contributed by atoms with E-state index in [0.717, 1.165) is 23.9 Å². The van der Waals surface area contributed by atoms with Gasteiger partial charge in [0, 0.05) is 31.0 Å². The van der Waals surface area contributed by atoms with E-state index in [-0.39, 0.29) is 0 Å². The molecule has 1 N–H and O–H groups in total. The molecule has 1 aromatic heterocycles. The molecule has 1 heterocycles. The third kappa shape index (κ3) is 4.00. The Morgan fingerprint density at radius 3 is 2.53 bits per heavy atom. The number of thioether (sulfide) groups is 1. The first-order valence-corrected chi connectivity index (χ1v) is 8.22. The van der Waals surface area contributed by atoms with Gasteiger partial charge in [0.1, 0.15) is 18.0 Å². The fourth-order valence-corrected chi connectivity index (χ4v) is 2.78. The number of hydrogen-bond donors (Lipinski definition) is 1. The molecule has 19 heavy (non-hydrogen) atoms. The van der Waals surface area contributed by atoms with Gasteiger partial charge in [-0.05, 0) is 26.0 Å². The van der Waals surface area contributed by atoms with Crippen LogP contribution in [0.3, 0.4) is 0 Å². The van der Waals surface area contributed by atoms with Gasteiger partial charge in [0.15, 0.2) is 0 Å². The smallest absolute Gasteiger partial charge is 0.137 e. The molecule has 0 aliphatic carbocycles.